The largest absolute Gasteiger partial charge is 0.396 e. The third-order valence-corrected chi connectivity index (χ3v) is 2.49. The standard InChI is InChI=1S/C8H11ClN2O/c9-8-6(3-4-12)5-10-11(8)7-1-2-7/h5,7,12H,1-4H2. The maximum Gasteiger partial charge on any atom is 0.130 e. The van der Waals surface area contributed by atoms with Crippen molar-refractivity contribution in [3.8, 4) is 0 Å². The highest BCUT2D eigenvalue weighted by Crippen LogP contribution is 2.37. The molecule has 1 heterocycles. The van der Waals surface area contributed by atoms with Crippen LogP contribution in [0.1, 0.15) is 24.4 Å². The summed E-state index contributed by atoms with van der Waals surface area (Å²) >= 11 is 6.03. The van der Waals surface area contributed by atoms with E-state index in [-0.39, 0.29) is 6.61 Å². The number of hydrogen-bond acceptors (Lipinski definition) is 2. The molecule has 4 heteroatoms. The summed E-state index contributed by atoms with van der Waals surface area (Å²) in [6, 6.07) is 0.518. The lowest BCUT2D eigenvalue weighted by molar-refractivity contribution is 0.299. The van der Waals surface area contributed by atoms with Crippen molar-refractivity contribution in [3.63, 3.8) is 0 Å². The van der Waals surface area contributed by atoms with Gasteiger partial charge in [-0.1, -0.05) is 11.6 Å². The molecule has 1 aromatic rings. The van der Waals surface area contributed by atoms with Gasteiger partial charge in [-0.25, -0.2) is 0 Å². The maximum atomic E-state index is 8.71. The second-order valence-electron chi connectivity index (χ2n) is 3.11. The summed E-state index contributed by atoms with van der Waals surface area (Å²) in [4.78, 5) is 0. The zero-order valence-corrected chi connectivity index (χ0v) is 7.46. The van der Waals surface area contributed by atoms with Gasteiger partial charge in [0.2, 0.25) is 0 Å². The van der Waals surface area contributed by atoms with Crippen molar-refractivity contribution in [1.82, 2.24) is 9.78 Å². The van der Waals surface area contributed by atoms with Gasteiger partial charge in [0, 0.05) is 18.6 Å². The molecule has 0 saturated heterocycles. The van der Waals surface area contributed by atoms with Crippen LogP contribution >= 0.6 is 11.6 Å². The highest BCUT2D eigenvalue weighted by molar-refractivity contribution is 6.30. The van der Waals surface area contributed by atoms with E-state index in [1.165, 1.54) is 12.8 Å². The van der Waals surface area contributed by atoms with Crippen LogP contribution in [0, 0.1) is 0 Å². The van der Waals surface area contributed by atoms with Gasteiger partial charge in [-0.15, -0.1) is 0 Å². The molecule has 0 amide bonds. The van der Waals surface area contributed by atoms with Crippen LogP contribution in [-0.4, -0.2) is 21.5 Å². The van der Waals surface area contributed by atoms with Gasteiger partial charge in [-0.05, 0) is 12.8 Å². The Bertz CT molecular complexity index is 281. The minimum Gasteiger partial charge on any atom is -0.396 e. The highest BCUT2D eigenvalue weighted by atomic mass is 35.5. The van der Waals surface area contributed by atoms with Crippen LogP contribution in [-0.2, 0) is 6.42 Å². The molecule has 12 heavy (non-hydrogen) atoms. The third-order valence-electron chi connectivity index (χ3n) is 2.08. The fourth-order valence-corrected chi connectivity index (χ4v) is 1.57. The Morgan fingerprint density at radius 1 is 1.67 bits per heavy atom. The molecule has 1 aromatic heterocycles. The Labute approximate surface area is 76.0 Å². The summed E-state index contributed by atoms with van der Waals surface area (Å²) in [5.41, 5.74) is 0.950. The molecule has 1 aliphatic rings. The highest BCUT2D eigenvalue weighted by Gasteiger charge is 2.26. The van der Waals surface area contributed by atoms with Gasteiger partial charge in [-0.3, -0.25) is 4.68 Å². The van der Waals surface area contributed by atoms with Gasteiger partial charge < -0.3 is 5.11 Å². The van der Waals surface area contributed by atoms with Crippen LogP contribution in [0.3, 0.4) is 0 Å². The van der Waals surface area contributed by atoms with Crippen LogP contribution in [0.5, 0.6) is 0 Å². The summed E-state index contributed by atoms with van der Waals surface area (Å²) < 4.78 is 1.85. The van der Waals surface area contributed by atoms with Crippen LogP contribution in [0.4, 0.5) is 0 Å². The van der Waals surface area contributed by atoms with Crippen molar-refractivity contribution < 1.29 is 5.11 Å². The zero-order chi connectivity index (χ0) is 8.55. The molecule has 0 atom stereocenters. The van der Waals surface area contributed by atoms with Crippen molar-refractivity contribution in [1.29, 1.82) is 0 Å². The Morgan fingerprint density at radius 3 is 3.00 bits per heavy atom. The molecule has 0 aliphatic heterocycles. The molecule has 1 fully saturated rings. The van der Waals surface area contributed by atoms with E-state index in [0.29, 0.717) is 17.6 Å². The number of hydrogen-bond donors (Lipinski definition) is 1. The van der Waals surface area contributed by atoms with E-state index >= 15 is 0 Å². The first-order valence-electron chi connectivity index (χ1n) is 4.15. The van der Waals surface area contributed by atoms with Gasteiger partial charge in [0.25, 0.3) is 0 Å². The van der Waals surface area contributed by atoms with Crippen LogP contribution in [0.2, 0.25) is 5.15 Å². The molecule has 0 spiro atoms. The summed E-state index contributed by atoms with van der Waals surface area (Å²) in [5.74, 6) is 0. The van der Waals surface area contributed by atoms with E-state index in [2.05, 4.69) is 5.10 Å². The van der Waals surface area contributed by atoms with Gasteiger partial charge in [0.1, 0.15) is 5.15 Å². The summed E-state index contributed by atoms with van der Waals surface area (Å²) in [7, 11) is 0. The van der Waals surface area contributed by atoms with Crippen molar-refractivity contribution in [3.05, 3.63) is 16.9 Å². The molecule has 1 aliphatic carbocycles. The third kappa shape index (κ3) is 1.34. The van der Waals surface area contributed by atoms with E-state index in [1.54, 1.807) is 6.20 Å². The van der Waals surface area contributed by atoms with Crippen molar-refractivity contribution in [2.75, 3.05) is 6.61 Å². The van der Waals surface area contributed by atoms with E-state index < -0.39 is 0 Å². The van der Waals surface area contributed by atoms with Crippen LogP contribution in [0.25, 0.3) is 0 Å². The van der Waals surface area contributed by atoms with E-state index in [0.717, 1.165) is 5.56 Å². The summed E-state index contributed by atoms with van der Waals surface area (Å²) in [5, 5.41) is 13.6. The lowest BCUT2D eigenvalue weighted by atomic mass is 10.3. The summed E-state index contributed by atoms with van der Waals surface area (Å²) in [6.45, 7) is 0.135. The minimum atomic E-state index is 0.135. The molecular formula is C8H11ClN2O. The van der Waals surface area contributed by atoms with Gasteiger partial charge in [0.15, 0.2) is 0 Å². The molecule has 66 valence electrons. The number of halogens is 1. The molecule has 0 bridgehead atoms. The molecule has 0 radical (unpaired) electrons. The molecule has 0 aromatic carbocycles. The van der Waals surface area contributed by atoms with E-state index in [9.17, 15) is 0 Å². The molecule has 2 rings (SSSR count). The lowest BCUT2D eigenvalue weighted by Crippen LogP contribution is -1.96. The van der Waals surface area contributed by atoms with Crippen LogP contribution in [0.15, 0.2) is 6.20 Å². The zero-order valence-electron chi connectivity index (χ0n) is 6.70. The van der Waals surface area contributed by atoms with Crippen LogP contribution < -0.4 is 0 Å². The van der Waals surface area contributed by atoms with Gasteiger partial charge in [0.05, 0.1) is 12.2 Å². The van der Waals surface area contributed by atoms with Crippen molar-refractivity contribution >= 4 is 11.6 Å². The fraction of sp³-hybridized carbons (Fsp3) is 0.625. The Hall–Kier alpha value is -0.540. The smallest absolute Gasteiger partial charge is 0.130 e. The predicted octanol–water partition coefficient (Wildman–Crippen LogP) is 1.41. The number of aliphatic hydroxyl groups excluding tert-OH is 1. The summed E-state index contributed by atoms with van der Waals surface area (Å²) in [6.07, 6.45) is 4.71. The quantitative estimate of drug-likeness (QED) is 0.775. The first-order valence-corrected chi connectivity index (χ1v) is 4.53. The number of rotatable bonds is 3. The minimum absolute atomic E-state index is 0.135. The lowest BCUT2D eigenvalue weighted by Gasteiger charge is -1.99. The first-order chi connectivity index (χ1) is 5.83. The molecular weight excluding hydrogens is 176 g/mol. The average Bonchev–Trinajstić information content (AvgIpc) is 2.82. The van der Waals surface area contributed by atoms with Crippen molar-refractivity contribution in [2.45, 2.75) is 25.3 Å². The fourth-order valence-electron chi connectivity index (χ4n) is 1.24. The number of nitrogens with zero attached hydrogens (tertiary/aromatic N) is 2. The second kappa shape index (κ2) is 3.07. The SMILES string of the molecule is OCCc1cnn(C2CC2)c1Cl. The Kier molecular flexibility index (Phi) is 2.07. The monoisotopic (exact) mass is 186 g/mol. The normalized spacial score (nSPS) is 16.8. The Morgan fingerprint density at radius 2 is 2.42 bits per heavy atom. The second-order valence-corrected chi connectivity index (χ2v) is 3.47. The molecule has 1 N–H and O–H groups in total. The average molecular weight is 187 g/mol. The first kappa shape index (κ1) is 8.08. The van der Waals surface area contributed by atoms with Crippen molar-refractivity contribution in [2.24, 2.45) is 0 Å². The predicted molar refractivity (Wildman–Crippen MR) is 46.3 cm³/mol. The van der Waals surface area contributed by atoms with E-state index in [4.69, 9.17) is 16.7 Å². The topological polar surface area (TPSA) is 38.1 Å². The number of aromatic nitrogens is 2. The number of aliphatic hydroxyl groups is 1. The van der Waals surface area contributed by atoms with Gasteiger partial charge >= 0.3 is 0 Å². The molecule has 3 nitrogen and oxygen atoms in total. The molecule has 0 unspecified atom stereocenters. The van der Waals surface area contributed by atoms with E-state index in [1.807, 2.05) is 4.68 Å². The van der Waals surface area contributed by atoms with Gasteiger partial charge in [-0.2, -0.15) is 5.10 Å². The maximum absolute atomic E-state index is 8.71. The molecule has 1 saturated carbocycles. The Balaban J connectivity index is 2.21.